The molecule has 0 atom stereocenters. The summed E-state index contributed by atoms with van der Waals surface area (Å²) in [6.07, 6.45) is 1.88. The van der Waals surface area contributed by atoms with E-state index in [9.17, 15) is 4.39 Å². The van der Waals surface area contributed by atoms with Crippen molar-refractivity contribution in [1.29, 1.82) is 0 Å². The van der Waals surface area contributed by atoms with Crippen LogP contribution >= 0.6 is 0 Å². The van der Waals surface area contributed by atoms with Crippen molar-refractivity contribution in [3.05, 3.63) is 95.8 Å². The number of methoxy groups -OCH3 is 1. The van der Waals surface area contributed by atoms with Gasteiger partial charge in [0.15, 0.2) is 0 Å². The van der Waals surface area contributed by atoms with Gasteiger partial charge >= 0.3 is 0 Å². The molecule has 0 aliphatic heterocycles. The van der Waals surface area contributed by atoms with E-state index >= 15 is 0 Å². The van der Waals surface area contributed by atoms with E-state index in [4.69, 9.17) is 9.47 Å². The molecule has 0 fully saturated rings. The highest BCUT2D eigenvalue weighted by Crippen LogP contribution is 2.25. The summed E-state index contributed by atoms with van der Waals surface area (Å²) >= 11 is 0. The van der Waals surface area contributed by atoms with E-state index in [1.807, 2.05) is 60.7 Å². The number of hydrogen-bond acceptors (Lipinski definition) is 2. The molecular weight excluding hydrogens is 303 g/mol. The van der Waals surface area contributed by atoms with Crippen LogP contribution in [0.25, 0.3) is 11.8 Å². The average Bonchev–Trinajstić information content (AvgIpc) is 2.64. The van der Waals surface area contributed by atoms with Crippen LogP contribution in [0.1, 0.15) is 11.1 Å². The third-order valence-electron chi connectivity index (χ3n) is 3.51. The summed E-state index contributed by atoms with van der Waals surface area (Å²) in [5.74, 6) is 1.93. The van der Waals surface area contributed by atoms with Crippen molar-refractivity contribution in [2.75, 3.05) is 7.11 Å². The number of ether oxygens (including phenoxy) is 2. The zero-order chi connectivity index (χ0) is 16.8. The molecule has 0 bridgehead atoms. The molecule has 0 spiro atoms. The normalized spacial score (nSPS) is 11.2. The smallest absolute Gasteiger partial charge is 0.135 e. The molecule has 2 nitrogen and oxygen atoms in total. The first-order valence-corrected chi connectivity index (χ1v) is 7.59. The van der Waals surface area contributed by atoms with Gasteiger partial charge < -0.3 is 9.47 Å². The van der Waals surface area contributed by atoms with Crippen LogP contribution in [0.5, 0.6) is 11.5 Å². The van der Waals surface area contributed by atoms with Gasteiger partial charge in [0, 0.05) is 5.56 Å². The van der Waals surface area contributed by atoms with E-state index < -0.39 is 0 Å². The summed E-state index contributed by atoms with van der Waals surface area (Å²) in [7, 11) is 1.63. The molecule has 24 heavy (non-hydrogen) atoms. The zero-order valence-corrected chi connectivity index (χ0v) is 13.3. The molecule has 120 valence electrons. The minimum atomic E-state index is -0.262. The number of para-hydroxylation sites is 1. The Morgan fingerprint density at radius 3 is 2.08 bits per heavy atom. The molecule has 0 amide bonds. The van der Waals surface area contributed by atoms with E-state index in [2.05, 4.69) is 0 Å². The first-order chi connectivity index (χ1) is 11.7. The van der Waals surface area contributed by atoms with Crippen LogP contribution in [0.2, 0.25) is 0 Å². The number of hydrogen-bond donors (Lipinski definition) is 0. The second kappa shape index (κ2) is 7.47. The lowest BCUT2D eigenvalue weighted by molar-refractivity contribution is 0.414. The van der Waals surface area contributed by atoms with Crippen molar-refractivity contribution in [1.82, 2.24) is 0 Å². The van der Waals surface area contributed by atoms with Gasteiger partial charge in [-0.05, 0) is 60.2 Å². The first kappa shape index (κ1) is 15.8. The highest BCUT2D eigenvalue weighted by Gasteiger charge is 2.06. The summed E-state index contributed by atoms with van der Waals surface area (Å²) in [6.45, 7) is 0. The molecular formula is C21H17FO2. The van der Waals surface area contributed by atoms with Gasteiger partial charge in [0.25, 0.3) is 0 Å². The Kier molecular flexibility index (Phi) is 4.92. The molecule has 0 aliphatic carbocycles. The summed E-state index contributed by atoms with van der Waals surface area (Å²) in [5.41, 5.74) is 1.77. The van der Waals surface area contributed by atoms with Crippen molar-refractivity contribution in [2.24, 2.45) is 0 Å². The van der Waals surface area contributed by atoms with E-state index in [0.29, 0.717) is 5.76 Å². The minimum absolute atomic E-state index is 0.262. The Labute approximate surface area is 140 Å². The third-order valence-corrected chi connectivity index (χ3v) is 3.51. The Morgan fingerprint density at radius 1 is 0.792 bits per heavy atom. The minimum Gasteiger partial charge on any atom is -0.497 e. The maximum absolute atomic E-state index is 13.1. The van der Waals surface area contributed by atoms with Crippen LogP contribution < -0.4 is 9.47 Å². The molecule has 0 aromatic heterocycles. The first-order valence-electron chi connectivity index (χ1n) is 7.59. The molecule has 0 N–H and O–H groups in total. The van der Waals surface area contributed by atoms with Crippen LogP contribution in [0.15, 0.2) is 78.9 Å². The number of benzene rings is 3. The van der Waals surface area contributed by atoms with Gasteiger partial charge in [0.05, 0.1) is 7.11 Å². The van der Waals surface area contributed by atoms with Crippen molar-refractivity contribution in [2.45, 2.75) is 0 Å². The average molecular weight is 320 g/mol. The number of halogens is 1. The summed E-state index contributed by atoms with van der Waals surface area (Å²) in [6, 6.07) is 23.4. The lowest BCUT2D eigenvalue weighted by Gasteiger charge is -2.11. The maximum Gasteiger partial charge on any atom is 0.135 e. The van der Waals surface area contributed by atoms with Gasteiger partial charge in [-0.15, -0.1) is 0 Å². The predicted molar refractivity (Wildman–Crippen MR) is 94.3 cm³/mol. The highest BCUT2D eigenvalue weighted by molar-refractivity contribution is 5.78. The Hall–Kier alpha value is -3.07. The van der Waals surface area contributed by atoms with Gasteiger partial charge in [-0.1, -0.05) is 30.3 Å². The fourth-order valence-electron chi connectivity index (χ4n) is 2.25. The Balaban J connectivity index is 1.97. The number of rotatable bonds is 5. The van der Waals surface area contributed by atoms with E-state index in [-0.39, 0.29) is 5.82 Å². The molecule has 0 heterocycles. The van der Waals surface area contributed by atoms with Crippen LogP contribution in [0.3, 0.4) is 0 Å². The predicted octanol–water partition coefficient (Wildman–Crippen LogP) is 5.41. The molecule has 0 saturated carbocycles. The quantitative estimate of drug-likeness (QED) is 0.462. The van der Waals surface area contributed by atoms with Crippen molar-refractivity contribution < 1.29 is 13.9 Å². The molecule has 3 heteroatoms. The Morgan fingerprint density at radius 2 is 1.46 bits per heavy atom. The van der Waals surface area contributed by atoms with Gasteiger partial charge in [0.1, 0.15) is 23.1 Å². The van der Waals surface area contributed by atoms with Crippen molar-refractivity contribution in [3.63, 3.8) is 0 Å². The van der Waals surface area contributed by atoms with Crippen LogP contribution in [-0.2, 0) is 0 Å². The largest absolute Gasteiger partial charge is 0.497 e. The van der Waals surface area contributed by atoms with Crippen molar-refractivity contribution in [3.8, 4) is 11.5 Å². The molecule has 0 aliphatic rings. The lowest BCUT2D eigenvalue weighted by atomic mass is 10.1. The molecule has 3 rings (SSSR count). The van der Waals surface area contributed by atoms with Gasteiger partial charge in [-0.3, -0.25) is 0 Å². The SMILES string of the molecule is COc1ccc(/C(=C/c2ccc(F)cc2)Oc2ccccc2)cc1. The van der Waals surface area contributed by atoms with E-state index in [1.165, 1.54) is 12.1 Å². The van der Waals surface area contributed by atoms with Crippen LogP contribution in [0.4, 0.5) is 4.39 Å². The Bertz CT molecular complexity index is 807. The second-order valence-corrected chi connectivity index (χ2v) is 5.20. The molecule has 0 saturated heterocycles. The molecule has 0 unspecified atom stereocenters. The van der Waals surface area contributed by atoms with Crippen LogP contribution in [0, 0.1) is 5.82 Å². The fourth-order valence-corrected chi connectivity index (χ4v) is 2.25. The van der Waals surface area contributed by atoms with Gasteiger partial charge in [0.2, 0.25) is 0 Å². The van der Waals surface area contributed by atoms with E-state index in [0.717, 1.165) is 22.6 Å². The summed E-state index contributed by atoms with van der Waals surface area (Å²) in [5, 5.41) is 0. The molecule has 3 aromatic carbocycles. The highest BCUT2D eigenvalue weighted by atomic mass is 19.1. The monoisotopic (exact) mass is 320 g/mol. The van der Waals surface area contributed by atoms with Crippen LogP contribution in [-0.4, -0.2) is 7.11 Å². The summed E-state index contributed by atoms with van der Waals surface area (Å²) < 4.78 is 24.3. The van der Waals surface area contributed by atoms with Gasteiger partial charge in [-0.2, -0.15) is 0 Å². The maximum atomic E-state index is 13.1. The topological polar surface area (TPSA) is 18.5 Å². The summed E-state index contributed by atoms with van der Waals surface area (Å²) in [4.78, 5) is 0. The second-order valence-electron chi connectivity index (χ2n) is 5.20. The lowest BCUT2D eigenvalue weighted by Crippen LogP contribution is -1.95. The molecule has 3 aromatic rings. The standard InChI is InChI=1S/C21H17FO2/c1-23-19-13-9-17(10-14-19)21(24-20-5-3-2-4-6-20)15-16-7-11-18(22)12-8-16/h2-15H,1H3/b21-15-. The van der Waals surface area contributed by atoms with Gasteiger partial charge in [-0.25, -0.2) is 4.39 Å². The van der Waals surface area contributed by atoms with Crippen molar-refractivity contribution >= 4 is 11.8 Å². The van der Waals surface area contributed by atoms with E-state index in [1.54, 1.807) is 19.2 Å². The fraction of sp³-hybridized carbons (Fsp3) is 0.0476. The third kappa shape index (κ3) is 4.02. The molecule has 0 radical (unpaired) electrons. The zero-order valence-electron chi connectivity index (χ0n) is 13.3.